The summed E-state index contributed by atoms with van der Waals surface area (Å²) in [6, 6.07) is 6.67. The number of carbonyl (C=O) groups excluding carboxylic acids is 3. The van der Waals surface area contributed by atoms with E-state index in [0.717, 1.165) is 64.1 Å². The summed E-state index contributed by atoms with van der Waals surface area (Å²) in [5.41, 5.74) is -0.164. The third kappa shape index (κ3) is 5.14. The van der Waals surface area contributed by atoms with Crippen LogP contribution in [0.1, 0.15) is 58.3 Å². The number of hydrogen-bond donors (Lipinski definition) is 0. The Morgan fingerprint density at radius 3 is 2.24 bits per heavy atom. The summed E-state index contributed by atoms with van der Waals surface area (Å²) >= 11 is 0. The van der Waals surface area contributed by atoms with Crippen molar-refractivity contribution in [2.24, 2.45) is 5.41 Å². The molecule has 4 aliphatic rings. The molecule has 1 atom stereocenters. The van der Waals surface area contributed by atoms with Gasteiger partial charge >= 0.3 is 5.97 Å². The molecule has 2 amide bonds. The zero-order valence-corrected chi connectivity index (χ0v) is 22.8. The van der Waals surface area contributed by atoms with E-state index in [4.69, 9.17) is 4.74 Å². The molecule has 3 saturated heterocycles. The highest BCUT2D eigenvalue weighted by Crippen LogP contribution is 2.45. The van der Waals surface area contributed by atoms with Crippen molar-refractivity contribution in [1.82, 2.24) is 14.7 Å². The maximum absolute atomic E-state index is 13.6. The lowest BCUT2D eigenvalue weighted by Gasteiger charge is -2.44. The van der Waals surface area contributed by atoms with Gasteiger partial charge in [0.15, 0.2) is 0 Å². The lowest BCUT2D eigenvalue weighted by atomic mass is 9.75. The molecular weight excluding hydrogens is 487 g/mol. The minimum absolute atomic E-state index is 0.0465. The number of amides is 2. The first-order chi connectivity index (χ1) is 18.2. The Morgan fingerprint density at radius 1 is 1.00 bits per heavy atom. The molecule has 0 radical (unpaired) electrons. The van der Waals surface area contributed by atoms with Gasteiger partial charge in [0.25, 0.3) is 0 Å². The Labute approximate surface area is 225 Å². The van der Waals surface area contributed by atoms with E-state index in [1.807, 2.05) is 17.0 Å². The first kappa shape index (κ1) is 26.9. The van der Waals surface area contributed by atoms with Gasteiger partial charge < -0.3 is 19.4 Å². The number of anilines is 1. The van der Waals surface area contributed by atoms with E-state index in [1.165, 1.54) is 19.1 Å². The molecule has 208 valence electrons. The second-order valence-electron chi connectivity index (χ2n) is 11.7. The average Bonchev–Trinajstić information content (AvgIpc) is 3.54. The van der Waals surface area contributed by atoms with E-state index in [2.05, 4.69) is 9.80 Å². The molecule has 0 N–H and O–H groups in total. The number of piperidine rings is 1. The minimum Gasteiger partial charge on any atom is -0.462 e. The highest BCUT2D eigenvalue weighted by Gasteiger charge is 2.53. The van der Waals surface area contributed by atoms with Gasteiger partial charge in [-0.3, -0.25) is 19.3 Å². The molecule has 0 bridgehead atoms. The van der Waals surface area contributed by atoms with Gasteiger partial charge in [0.2, 0.25) is 11.8 Å². The number of benzene rings is 1. The van der Waals surface area contributed by atoms with Gasteiger partial charge in [-0.15, -0.1) is 0 Å². The summed E-state index contributed by atoms with van der Waals surface area (Å²) in [6.07, 6.45) is 6.06. The topological polar surface area (TPSA) is 73.4 Å². The number of nitrogens with zero attached hydrogens (tertiary/aromatic N) is 4. The van der Waals surface area contributed by atoms with Crippen molar-refractivity contribution in [2.45, 2.75) is 69.9 Å². The van der Waals surface area contributed by atoms with Crippen molar-refractivity contribution in [1.29, 1.82) is 0 Å². The lowest BCUT2D eigenvalue weighted by Crippen LogP contribution is -2.60. The van der Waals surface area contributed by atoms with Gasteiger partial charge in [-0.05, 0) is 56.4 Å². The number of ether oxygens (including phenoxy) is 1. The molecule has 1 spiro atoms. The van der Waals surface area contributed by atoms with Crippen molar-refractivity contribution in [2.75, 3.05) is 57.8 Å². The number of esters is 1. The molecule has 3 heterocycles. The zero-order chi connectivity index (χ0) is 26.9. The Morgan fingerprint density at radius 2 is 1.63 bits per heavy atom. The quantitative estimate of drug-likeness (QED) is 0.529. The number of rotatable bonds is 6. The van der Waals surface area contributed by atoms with Crippen LogP contribution >= 0.6 is 0 Å². The number of likely N-dealkylation sites (N-methyl/N-ethyl adjacent to an activating group) is 1. The standard InChI is InChI=1S/C29H41FN4O4/c1-22(35)31(2)29(10-3-4-11-29)26(36)34-15-12-28(13-16-34)21-25(38-27(28)37)9-14-32-17-19-33(20-18-32)24-7-5-23(30)6-8-24/h5-8,25H,3-4,9-21H2,1-2H3/t25-/m0/s1. The molecule has 5 rings (SSSR count). The molecule has 8 nitrogen and oxygen atoms in total. The fourth-order valence-electron chi connectivity index (χ4n) is 7.00. The third-order valence-electron chi connectivity index (χ3n) is 9.61. The molecule has 0 unspecified atom stereocenters. The number of carbonyl (C=O) groups is 3. The highest BCUT2D eigenvalue weighted by atomic mass is 19.1. The van der Waals surface area contributed by atoms with Crippen LogP contribution in [0, 0.1) is 11.2 Å². The fraction of sp³-hybridized carbons (Fsp3) is 0.690. The predicted molar refractivity (Wildman–Crippen MR) is 142 cm³/mol. The summed E-state index contributed by atoms with van der Waals surface area (Å²) < 4.78 is 19.1. The highest BCUT2D eigenvalue weighted by molar-refractivity contribution is 5.91. The van der Waals surface area contributed by atoms with Crippen LogP contribution in [0.15, 0.2) is 24.3 Å². The summed E-state index contributed by atoms with van der Waals surface area (Å²) in [4.78, 5) is 47.0. The largest absolute Gasteiger partial charge is 0.462 e. The number of halogens is 1. The average molecular weight is 529 g/mol. The van der Waals surface area contributed by atoms with Crippen molar-refractivity contribution in [3.8, 4) is 0 Å². The van der Waals surface area contributed by atoms with Crippen molar-refractivity contribution in [3.63, 3.8) is 0 Å². The second kappa shape index (κ2) is 10.8. The van der Waals surface area contributed by atoms with Crippen LogP contribution in [0.3, 0.4) is 0 Å². The SMILES string of the molecule is CC(=O)N(C)C1(C(=O)N2CCC3(CC2)C[C@H](CCN2CCN(c4ccc(F)cc4)CC2)OC3=O)CCCC1. The summed E-state index contributed by atoms with van der Waals surface area (Å²) in [6.45, 7) is 7.13. The van der Waals surface area contributed by atoms with Crippen molar-refractivity contribution >= 4 is 23.5 Å². The van der Waals surface area contributed by atoms with E-state index in [-0.39, 0.29) is 29.7 Å². The first-order valence-electron chi connectivity index (χ1n) is 14.2. The van der Waals surface area contributed by atoms with Crippen LogP contribution < -0.4 is 4.90 Å². The minimum atomic E-state index is -0.726. The molecule has 9 heteroatoms. The molecule has 38 heavy (non-hydrogen) atoms. The predicted octanol–water partition coefficient (Wildman–Crippen LogP) is 3.05. The summed E-state index contributed by atoms with van der Waals surface area (Å²) in [5, 5.41) is 0. The molecule has 4 fully saturated rings. The smallest absolute Gasteiger partial charge is 0.312 e. The van der Waals surface area contributed by atoms with Gasteiger partial charge in [-0.1, -0.05) is 12.8 Å². The van der Waals surface area contributed by atoms with E-state index in [0.29, 0.717) is 38.8 Å². The second-order valence-corrected chi connectivity index (χ2v) is 11.7. The van der Waals surface area contributed by atoms with Crippen LogP contribution in [0.25, 0.3) is 0 Å². The Balaban J connectivity index is 1.10. The van der Waals surface area contributed by atoms with E-state index < -0.39 is 11.0 Å². The Hall–Kier alpha value is -2.68. The van der Waals surface area contributed by atoms with Crippen LogP contribution in [-0.4, -0.2) is 97.0 Å². The number of piperazine rings is 1. The van der Waals surface area contributed by atoms with E-state index >= 15 is 0 Å². The summed E-state index contributed by atoms with van der Waals surface area (Å²) in [7, 11) is 1.75. The molecule has 3 aliphatic heterocycles. The molecule has 1 saturated carbocycles. The van der Waals surface area contributed by atoms with Gasteiger partial charge in [0.05, 0.1) is 5.41 Å². The van der Waals surface area contributed by atoms with Crippen molar-refractivity contribution in [3.05, 3.63) is 30.1 Å². The van der Waals surface area contributed by atoms with Gasteiger partial charge in [0, 0.05) is 71.9 Å². The Kier molecular flexibility index (Phi) is 7.67. The van der Waals surface area contributed by atoms with Gasteiger partial charge in [-0.25, -0.2) is 4.39 Å². The van der Waals surface area contributed by atoms with E-state index in [1.54, 1.807) is 11.9 Å². The normalized spacial score (nSPS) is 25.0. The van der Waals surface area contributed by atoms with Crippen molar-refractivity contribution < 1.29 is 23.5 Å². The van der Waals surface area contributed by atoms with E-state index in [9.17, 15) is 18.8 Å². The van der Waals surface area contributed by atoms with Crippen LogP contribution in [-0.2, 0) is 19.1 Å². The number of cyclic esters (lactones) is 1. The third-order valence-corrected chi connectivity index (χ3v) is 9.61. The molecule has 0 aromatic heterocycles. The molecular formula is C29H41FN4O4. The van der Waals surface area contributed by atoms with Crippen LogP contribution in [0.4, 0.5) is 10.1 Å². The molecule has 1 aromatic carbocycles. The maximum Gasteiger partial charge on any atom is 0.312 e. The van der Waals surface area contributed by atoms with Crippen LogP contribution in [0.5, 0.6) is 0 Å². The summed E-state index contributed by atoms with van der Waals surface area (Å²) in [5.74, 6) is -0.350. The first-order valence-corrected chi connectivity index (χ1v) is 14.2. The number of likely N-dealkylation sites (tertiary alicyclic amines) is 1. The fourth-order valence-corrected chi connectivity index (χ4v) is 7.00. The maximum atomic E-state index is 13.6. The molecule has 1 aromatic rings. The van der Waals surface area contributed by atoms with Gasteiger partial charge in [0.1, 0.15) is 17.5 Å². The lowest BCUT2D eigenvalue weighted by molar-refractivity contribution is -0.157. The molecule has 1 aliphatic carbocycles. The number of hydrogen-bond acceptors (Lipinski definition) is 6. The van der Waals surface area contributed by atoms with Gasteiger partial charge in [-0.2, -0.15) is 0 Å². The Bertz CT molecular complexity index is 1030. The van der Waals surface area contributed by atoms with Crippen LogP contribution in [0.2, 0.25) is 0 Å². The monoisotopic (exact) mass is 528 g/mol. The zero-order valence-electron chi connectivity index (χ0n) is 22.8.